The van der Waals surface area contributed by atoms with Gasteiger partial charge in [0.2, 0.25) is 0 Å². The third kappa shape index (κ3) is 2.44. The fraction of sp³-hybridized carbons (Fsp3) is 0.200. The Morgan fingerprint density at radius 2 is 2.00 bits per heavy atom. The van der Waals surface area contributed by atoms with Crippen molar-refractivity contribution in [3.05, 3.63) is 34.7 Å². The van der Waals surface area contributed by atoms with Gasteiger partial charge in [0.05, 0.1) is 11.6 Å². The van der Waals surface area contributed by atoms with Crippen LogP contribution in [-0.4, -0.2) is 15.2 Å². The minimum atomic E-state index is -4.52. The van der Waals surface area contributed by atoms with Crippen molar-refractivity contribution < 1.29 is 13.2 Å². The standard InChI is InChI=1S/C10H6Cl2F3N3/c11-3-6-8(5-1-2-7(12)16-4-5)17-18-9(6)10(13,14)15/h1-2,4H,3H2,(H,17,18). The van der Waals surface area contributed by atoms with Crippen LogP contribution in [-0.2, 0) is 12.1 Å². The minimum Gasteiger partial charge on any atom is -0.273 e. The summed E-state index contributed by atoms with van der Waals surface area (Å²) in [6, 6.07) is 3.00. The molecule has 3 nitrogen and oxygen atoms in total. The molecule has 0 bridgehead atoms. The number of aromatic amines is 1. The first-order chi connectivity index (χ1) is 8.43. The van der Waals surface area contributed by atoms with Gasteiger partial charge < -0.3 is 0 Å². The summed E-state index contributed by atoms with van der Waals surface area (Å²) in [5.74, 6) is -0.302. The van der Waals surface area contributed by atoms with Crippen molar-refractivity contribution >= 4 is 23.2 Å². The Kier molecular flexibility index (Phi) is 3.49. The maximum Gasteiger partial charge on any atom is 0.433 e. The molecule has 0 aromatic carbocycles. The van der Waals surface area contributed by atoms with E-state index in [9.17, 15) is 13.2 Å². The molecule has 2 aromatic rings. The van der Waals surface area contributed by atoms with Crippen LogP contribution in [0.2, 0.25) is 5.15 Å². The second-order valence-electron chi connectivity index (χ2n) is 3.43. The highest BCUT2D eigenvalue weighted by Gasteiger charge is 2.37. The van der Waals surface area contributed by atoms with Gasteiger partial charge in [0.1, 0.15) is 10.8 Å². The summed E-state index contributed by atoms with van der Waals surface area (Å²) in [5.41, 5.74) is -0.501. The molecule has 0 amide bonds. The Morgan fingerprint density at radius 3 is 2.50 bits per heavy atom. The highest BCUT2D eigenvalue weighted by molar-refractivity contribution is 6.29. The fourth-order valence-electron chi connectivity index (χ4n) is 1.48. The molecule has 2 rings (SSSR count). The van der Waals surface area contributed by atoms with Gasteiger partial charge in [-0.15, -0.1) is 11.6 Å². The van der Waals surface area contributed by atoms with Crippen LogP contribution in [0.15, 0.2) is 18.3 Å². The number of nitrogens with one attached hydrogen (secondary N) is 1. The lowest BCUT2D eigenvalue weighted by Crippen LogP contribution is -2.08. The lowest BCUT2D eigenvalue weighted by molar-refractivity contribution is -0.141. The van der Waals surface area contributed by atoms with Crippen molar-refractivity contribution in [2.24, 2.45) is 0 Å². The van der Waals surface area contributed by atoms with Crippen molar-refractivity contribution in [3.63, 3.8) is 0 Å². The molecule has 2 heterocycles. The lowest BCUT2D eigenvalue weighted by atomic mass is 10.1. The van der Waals surface area contributed by atoms with E-state index in [-0.39, 0.29) is 22.3 Å². The summed E-state index contributed by atoms with van der Waals surface area (Å²) in [6.07, 6.45) is -3.18. The fourth-order valence-corrected chi connectivity index (χ4v) is 1.86. The van der Waals surface area contributed by atoms with Crippen LogP contribution in [0.3, 0.4) is 0 Å². The summed E-state index contributed by atoms with van der Waals surface area (Å²) in [7, 11) is 0. The van der Waals surface area contributed by atoms with Crippen molar-refractivity contribution in [1.29, 1.82) is 0 Å². The molecule has 0 saturated carbocycles. The molecule has 0 aliphatic heterocycles. The molecule has 18 heavy (non-hydrogen) atoms. The van der Waals surface area contributed by atoms with Gasteiger partial charge in [-0.3, -0.25) is 5.10 Å². The van der Waals surface area contributed by atoms with Gasteiger partial charge in [0.25, 0.3) is 0 Å². The van der Waals surface area contributed by atoms with Gasteiger partial charge in [-0.25, -0.2) is 4.98 Å². The van der Waals surface area contributed by atoms with Crippen LogP contribution in [0, 0.1) is 0 Å². The smallest absolute Gasteiger partial charge is 0.273 e. The summed E-state index contributed by atoms with van der Waals surface area (Å²) < 4.78 is 38.0. The Hall–Kier alpha value is -1.27. The summed E-state index contributed by atoms with van der Waals surface area (Å²) in [5, 5.41) is 5.85. The van der Waals surface area contributed by atoms with E-state index in [1.807, 2.05) is 5.10 Å². The van der Waals surface area contributed by atoms with E-state index in [0.29, 0.717) is 5.56 Å². The highest BCUT2D eigenvalue weighted by Crippen LogP contribution is 2.35. The van der Waals surface area contributed by atoms with Crippen LogP contribution < -0.4 is 0 Å². The quantitative estimate of drug-likeness (QED) is 0.675. The molecule has 96 valence electrons. The summed E-state index contributed by atoms with van der Waals surface area (Å²) >= 11 is 11.2. The molecular formula is C10H6Cl2F3N3. The van der Waals surface area contributed by atoms with Crippen LogP contribution in [0.5, 0.6) is 0 Å². The zero-order valence-corrected chi connectivity index (χ0v) is 10.2. The minimum absolute atomic E-state index is 0.103. The van der Waals surface area contributed by atoms with Crippen LogP contribution in [0.25, 0.3) is 11.3 Å². The molecule has 1 N–H and O–H groups in total. The number of rotatable bonds is 2. The number of halogens is 5. The second kappa shape index (κ2) is 4.78. The number of aromatic nitrogens is 3. The Morgan fingerprint density at radius 1 is 1.28 bits per heavy atom. The third-order valence-corrected chi connectivity index (χ3v) is 2.78. The zero-order chi connectivity index (χ0) is 13.3. The largest absolute Gasteiger partial charge is 0.433 e. The molecule has 0 radical (unpaired) electrons. The van der Waals surface area contributed by atoms with Crippen molar-refractivity contribution in [1.82, 2.24) is 15.2 Å². The maximum absolute atomic E-state index is 12.7. The summed E-state index contributed by atoms with van der Waals surface area (Å²) in [4.78, 5) is 3.79. The SMILES string of the molecule is FC(F)(F)c1[nH]nc(-c2ccc(Cl)nc2)c1CCl. The van der Waals surface area contributed by atoms with Crippen molar-refractivity contribution in [2.45, 2.75) is 12.1 Å². The number of hydrogen-bond acceptors (Lipinski definition) is 2. The molecule has 0 aliphatic carbocycles. The Bertz CT molecular complexity index is 548. The van der Waals surface area contributed by atoms with Gasteiger partial charge in [-0.2, -0.15) is 18.3 Å². The normalized spacial score (nSPS) is 11.8. The maximum atomic E-state index is 12.7. The average Bonchev–Trinajstić information content (AvgIpc) is 2.73. The molecule has 0 fully saturated rings. The molecule has 8 heteroatoms. The van der Waals surface area contributed by atoms with E-state index in [2.05, 4.69) is 10.1 Å². The average molecular weight is 296 g/mol. The predicted molar refractivity (Wildman–Crippen MR) is 61.4 cm³/mol. The van der Waals surface area contributed by atoms with Gasteiger partial charge in [0.15, 0.2) is 0 Å². The number of alkyl halides is 4. The Balaban J connectivity index is 2.52. The number of nitrogens with zero attached hydrogens (tertiary/aromatic N) is 2. The zero-order valence-electron chi connectivity index (χ0n) is 8.72. The number of hydrogen-bond donors (Lipinski definition) is 1. The molecule has 0 atom stereocenters. The summed E-state index contributed by atoms with van der Waals surface area (Å²) in [6.45, 7) is 0. The van der Waals surface area contributed by atoms with E-state index in [1.54, 1.807) is 0 Å². The number of pyridine rings is 1. The first-order valence-electron chi connectivity index (χ1n) is 4.76. The van der Waals surface area contributed by atoms with Crippen molar-refractivity contribution in [3.8, 4) is 11.3 Å². The van der Waals surface area contributed by atoms with E-state index in [0.717, 1.165) is 0 Å². The predicted octanol–water partition coefficient (Wildman–Crippen LogP) is 3.88. The van der Waals surface area contributed by atoms with Crippen LogP contribution >= 0.6 is 23.2 Å². The molecular weight excluding hydrogens is 290 g/mol. The van der Waals surface area contributed by atoms with E-state index in [1.165, 1.54) is 18.3 Å². The topological polar surface area (TPSA) is 41.6 Å². The molecule has 0 unspecified atom stereocenters. The van der Waals surface area contributed by atoms with E-state index < -0.39 is 11.9 Å². The third-order valence-electron chi connectivity index (χ3n) is 2.29. The molecule has 2 aromatic heterocycles. The number of H-pyrrole nitrogens is 1. The molecule has 0 aliphatic rings. The van der Waals surface area contributed by atoms with Crippen molar-refractivity contribution in [2.75, 3.05) is 0 Å². The van der Waals surface area contributed by atoms with Gasteiger partial charge >= 0.3 is 6.18 Å². The van der Waals surface area contributed by atoms with E-state index >= 15 is 0 Å². The van der Waals surface area contributed by atoms with Gasteiger partial charge in [-0.05, 0) is 12.1 Å². The van der Waals surface area contributed by atoms with Crippen LogP contribution in [0.4, 0.5) is 13.2 Å². The Labute approximate surface area is 110 Å². The molecule has 0 spiro atoms. The second-order valence-corrected chi connectivity index (χ2v) is 4.08. The first-order valence-corrected chi connectivity index (χ1v) is 5.67. The highest BCUT2D eigenvalue weighted by atomic mass is 35.5. The van der Waals surface area contributed by atoms with E-state index in [4.69, 9.17) is 23.2 Å². The monoisotopic (exact) mass is 295 g/mol. The first kappa shape index (κ1) is 13.2. The van der Waals surface area contributed by atoms with Gasteiger partial charge in [-0.1, -0.05) is 11.6 Å². The van der Waals surface area contributed by atoms with Crippen LogP contribution in [0.1, 0.15) is 11.3 Å². The lowest BCUT2D eigenvalue weighted by Gasteiger charge is -2.05. The van der Waals surface area contributed by atoms with Gasteiger partial charge in [0, 0.05) is 17.3 Å². The molecule has 0 saturated heterocycles.